The molecule has 4 heterocycles. The number of likely N-dealkylation sites (N-methyl/N-ethyl adjacent to an activating group) is 1. The van der Waals surface area contributed by atoms with Gasteiger partial charge in [0.2, 0.25) is 11.8 Å². The van der Waals surface area contributed by atoms with Crippen molar-refractivity contribution in [1.82, 2.24) is 19.2 Å². The molecular formula is C28H34N6O4S. The number of hydrogen-bond acceptors (Lipinski definition) is 7. The quantitative estimate of drug-likeness (QED) is 0.407. The third-order valence-corrected chi connectivity index (χ3v) is 9.49. The minimum absolute atomic E-state index is 0.133. The number of fused-ring (bicyclic) bond motifs is 4. The van der Waals surface area contributed by atoms with Crippen molar-refractivity contribution in [2.24, 2.45) is 0 Å². The third kappa shape index (κ3) is 4.62. The molecule has 0 bridgehead atoms. The molecule has 1 aliphatic carbocycles. The van der Waals surface area contributed by atoms with Crippen molar-refractivity contribution in [2.45, 2.75) is 37.5 Å². The molecule has 0 atom stereocenters. The first-order valence-electron chi connectivity index (χ1n) is 13.5. The standard InChI is InChI=1S/C28H34N6O4S/c1-32(2)11-6-14-38-26-23(31-39(36,37)34-12-4-5-13-34)16-20(17-30-26)19-7-8-22-21(15-19)25-24(18-29-22)33(3)27(35)28(25)9-10-28/h7-8,15-18,31H,4-6,9-14H2,1-3H3. The molecule has 2 aromatic heterocycles. The Hall–Kier alpha value is -3.28. The highest BCUT2D eigenvalue weighted by molar-refractivity contribution is 7.90. The van der Waals surface area contributed by atoms with Gasteiger partial charge in [0.15, 0.2) is 0 Å². The highest BCUT2D eigenvalue weighted by atomic mass is 32.2. The van der Waals surface area contributed by atoms with Gasteiger partial charge in [-0.05, 0) is 70.0 Å². The van der Waals surface area contributed by atoms with Gasteiger partial charge in [0.25, 0.3) is 0 Å². The van der Waals surface area contributed by atoms with Gasteiger partial charge < -0.3 is 14.5 Å². The Morgan fingerprint density at radius 2 is 1.85 bits per heavy atom. The van der Waals surface area contributed by atoms with E-state index in [1.54, 1.807) is 23.4 Å². The summed E-state index contributed by atoms with van der Waals surface area (Å²) >= 11 is 0. The molecule has 2 aliphatic heterocycles. The molecule has 6 rings (SSSR count). The van der Waals surface area contributed by atoms with Crippen LogP contribution in [0, 0.1) is 0 Å². The Kier molecular flexibility index (Phi) is 6.47. The van der Waals surface area contributed by atoms with Crippen molar-refractivity contribution in [1.29, 1.82) is 0 Å². The number of rotatable bonds is 9. The zero-order valence-electron chi connectivity index (χ0n) is 22.6. The van der Waals surface area contributed by atoms with Gasteiger partial charge in [0.1, 0.15) is 5.69 Å². The van der Waals surface area contributed by atoms with Crippen molar-refractivity contribution >= 4 is 38.4 Å². The maximum absolute atomic E-state index is 13.1. The summed E-state index contributed by atoms with van der Waals surface area (Å²) in [5.74, 6) is 0.390. The van der Waals surface area contributed by atoms with Crippen LogP contribution < -0.4 is 14.4 Å². The van der Waals surface area contributed by atoms with Crippen LogP contribution in [0.15, 0.2) is 36.7 Å². The number of anilines is 2. The molecule has 1 spiro atoms. The fourth-order valence-corrected chi connectivity index (χ4v) is 7.02. The first-order chi connectivity index (χ1) is 18.7. The third-order valence-electron chi connectivity index (χ3n) is 7.97. The van der Waals surface area contributed by atoms with E-state index in [-0.39, 0.29) is 11.8 Å². The van der Waals surface area contributed by atoms with Crippen LogP contribution in [0.5, 0.6) is 5.88 Å². The minimum Gasteiger partial charge on any atom is -0.476 e. The van der Waals surface area contributed by atoms with Crippen LogP contribution in [-0.2, 0) is 20.4 Å². The van der Waals surface area contributed by atoms with Gasteiger partial charge in [-0.15, -0.1) is 0 Å². The van der Waals surface area contributed by atoms with Gasteiger partial charge in [-0.25, -0.2) is 4.98 Å². The van der Waals surface area contributed by atoms with Crippen LogP contribution in [0.2, 0.25) is 0 Å². The lowest BCUT2D eigenvalue weighted by Crippen LogP contribution is -2.33. The molecule has 1 saturated carbocycles. The Morgan fingerprint density at radius 1 is 1.08 bits per heavy atom. The van der Waals surface area contributed by atoms with Gasteiger partial charge in [-0.3, -0.25) is 14.5 Å². The lowest BCUT2D eigenvalue weighted by molar-refractivity contribution is -0.119. The lowest BCUT2D eigenvalue weighted by Gasteiger charge is -2.19. The smallest absolute Gasteiger partial charge is 0.301 e. The monoisotopic (exact) mass is 550 g/mol. The zero-order valence-corrected chi connectivity index (χ0v) is 23.4. The molecule has 0 unspecified atom stereocenters. The van der Waals surface area contributed by atoms with E-state index >= 15 is 0 Å². The molecule has 0 radical (unpaired) electrons. The van der Waals surface area contributed by atoms with E-state index in [2.05, 4.69) is 19.6 Å². The summed E-state index contributed by atoms with van der Waals surface area (Å²) in [5.41, 5.74) is 4.22. The predicted molar refractivity (Wildman–Crippen MR) is 151 cm³/mol. The summed E-state index contributed by atoms with van der Waals surface area (Å²) in [6, 6.07) is 7.73. The number of nitrogens with zero attached hydrogens (tertiary/aromatic N) is 5. The molecule has 3 aliphatic rings. The number of carbonyl (C=O) groups is 1. The average molecular weight is 551 g/mol. The van der Waals surface area contributed by atoms with Crippen molar-refractivity contribution in [3.63, 3.8) is 0 Å². The summed E-state index contributed by atoms with van der Waals surface area (Å²) in [6.07, 6.45) is 7.66. The maximum Gasteiger partial charge on any atom is 0.301 e. The fourth-order valence-electron chi connectivity index (χ4n) is 5.72. The number of ether oxygens (including phenoxy) is 1. The first kappa shape index (κ1) is 26.0. The number of pyridine rings is 2. The molecule has 1 N–H and O–H groups in total. The Balaban J connectivity index is 1.38. The van der Waals surface area contributed by atoms with Gasteiger partial charge in [0.05, 0.1) is 29.4 Å². The molecule has 3 aromatic rings. The van der Waals surface area contributed by atoms with Crippen molar-refractivity contribution in [2.75, 3.05) is 57.0 Å². The van der Waals surface area contributed by atoms with Crippen molar-refractivity contribution in [3.8, 4) is 17.0 Å². The number of amides is 1. The molecule has 206 valence electrons. The van der Waals surface area contributed by atoms with E-state index in [9.17, 15) is 13.2 Å². The second-order valence-corrected chi connectivity index (χ2v) is 12.7. The lowest BCUT2D eigenvalue weighted by atomic mass is 9.92. The van der Waals surface area contributed by atoms with Crippen LogP contribution in [0.4, 0.5) is 11.4 Å². The Labute approximate surface area is 229 Å². The maximum atomic E-state index is 13.1. The minimum atomic E-state index is -3.74. The van der Waals surface area contributed by atoms with E-state index in [0.717, 1.165) is 71.9 Å². The number of aromatic nitrogens is 2. The molecule has 2 fully saturated rings. The van der Waals surface area contributed by atoms with Gasteiger partial charge in [-0.1, -0.05) is 6.07 Å². The predicted octanol–water partition coefficient (Wildman–Crippen LogP) is 3.39. The Morgan fingerprint density at radius 3 is 2.56 bits per heavy atom. The van der Waals surface area contributed by atoms with Gasteiger partial charge in [-0.2, -0.15) is 12.7 Å². The van der Waals surface area contributed by atoms with Crippen LogP contribution in [0.1, 0.15) is 37.7 Å². The highest BCUT2D eigenvalue weighted by Crippen LogP contribution is 2.58. The molecule has 1 amide bonds. The molecule has 11 heteroatoms. The van der Waals surface area contributed by atoms with E-state index < -0.39 is 15.6 Å². The zero-order chi connectivity index (χ0) is 27.4. The van der Waals surface area contributed by atoms with Gasteiger partial charge in [0, 0.05) is 49.4 Å². The van der Waals surface area contributed by atoms with E-state index in [0.29, 0.717) is 25.4 Å². The van der Waals surface area contributed by atoms with E-state index in [1.807, 2.05) is 39.3 Å². The van der Waals surface area contributed by atoms with Crippen LogP contribution in [0.3, 0.4) is 0 Å². The topological polar surface area (TPSA) is 108 Å². The normalized spacial score (nSPS) is 18.4. The number of carbonyl (C=O) groups excluding carboxylic acids is 1. The molecule has 39 heavy (non-hydrogen) atoms. The molecule has 10 nitrogen and oxygen atoms in total. The second-order valence-electron chi connectivity index (χ2n) is 11.0. The summed E-state index contributed by atoms with van der Waals surface area (Å²) in [6.45, 7) is 2.26. The average Bonchev–Trinajstić information content (AvgIpc) is 3.44. The second kappa shape index (κ2) is 9.72. The fraction of sp³-hybridized carbons (Fsp3) is 0.464. The summed E-state index contributed by atoms with van der Waals surface area (Å²) in [7, 11) is 2.06. The van der Waals surface area contributed by atoms with Gasteiger partial charge >= 0.3 is 10.2 Å². The SMILES string of the molecule is CN(C)CCCOc1ncc(-c2ccc3ncc4c(c3c2)C2(CC2)C(=O)N4C)cc1NS(=O)(=O)N1CCCC1. The van der Waals surface area contributed by atoms with Crippen molar-refractivity contribution in [3.05, 3.63) is 42.2 Å². The highest BCUT2D eigenvalue weighted by Gasteiger charge is 2.59. The first-order valence-corrected chi connectivity index (χ1v) is 14.9. The largest absolute Gasteiger partial charge is 0.476 e. The summed E-state index contributed by atoms with van der Waals surface area (Å²) in [4.78, 5) is 26.0. The van der Waals surface area contributed by atoms with Crippen LogP contribution in [-0.4, -0.2) is 80.9 Å². The van der Waals surface area contributed by atoms with Crippen LogP contribution in [0.25, 0.3) is 22.0 Å². The Bertz CT molecular complexity index is 1550. The molecule has 1 saturated heterocycles. The summed E-state index contributed by atoms with van der Waals surface area (Å²) < 4.78 is 36.4. The van der Waals surface area contributed by atoms with Crippen LogP contribution >= 0.6 is 0 Å². The number of benzene rings is 1. The molecule has 1 aromatic carbocycles. The summed E-state index contributed by atoms with van der Waals surface area (Å²) in [5, 5.41) is 0.948. The number of hydrogen-bond donors (Lipinski definition) is 1. The molecular weight excluding hydrogens is 516 g/mol. The van der Waals surface area contributed by atoms with E-state index in [4.69, 9.17) is 4.74 Å². The number of nitrogens with one attached hydrogen (secondary N) is 1. The van der Waals surface area contributed by atoms with Crippen molar-refractivity contribution < 1.29 is 17.9 Å². The van der Waals surface area contributed by atoms with E-state index in [1.165, 1.54) is 4.31 Å².